The van der Waals surface area contributed by atoms with Gasteiger partial charge in [0.2, 0.25) is 0 Å². The van der Waals surface area contributed by atoms with E-state index < -0.39 is 0 Å². The molecule has 1 aromatic rings. The van der Waals surface area contributed by atoms with Gasteiger partial charge in [-0.2, -0.15) is 0 Å². The summed E-state index contributed by atoms with van der Waals surface area (Å²) in [5.41, 5.74) is 0. The molecule has 1 heterocycles. The van der Waals surface area contributed by atoms with Crippen LogP contribution < -0.4 is 10.2 Å². The number of aliphatic hydroxyl groups excluding tert-OH is 1. The van der Waals surface area contributed by atoms with Gasteiger partial charge in [-0.15, -0.1) is 0 Å². The zero-order chi connectivity index (χ0) is 12.5. The van der Waals surface area contributed by atoms with Crippen molar-refractivity contribution in [2.45, 2.75) is 26.7 Å². The maximum absolute atomic E-state index is 8.87. The van der Waals surface area contributed by atoms with Gasteiger partial charge in [-0.1, -0.05) is 13.0 Å². The molecule has 2 N–H and O–H groups in total. The van der Waals surface area contributed by atoms with Gasteiger partial charge in [-0.3, -0.25) is 0 Å². The summed E-state index contributed by atoms with van der Waals surface area (Å²) in [6, 6.07) is 6.01. The van der Waals surface area contributed by atoms with Crippen molar-refractivity contribution >= 4 is 11.6 Å². The van der Waals surface area contributed by atoms with Gasteiger partial charge in [0.1, 0.15) is 11.6 Å². The third kappa shape index (κ3) is 4.61. The van der Waals surface area contributed by atoms with Crippen LogP contribution in [-0.2, 0) is 0 Å². The van der Waals surface area contributed by atoms with E-state index in [1.165, 1.54) is 0 Å². The highest BCUT2D eigenvalue weighted by Gasteiger charge is 2.05. The molecular formula is C13H23N3O. The third-order valence-corrected chi connectivity index (χ3v) is 2.58. The molecular weight excluding hydrogens is 214 g/mol. The highest BCUT2D eigenvalue weighted by Crippen LogP contribution is 2.14. The Morgan fingerprint density at radius 1 is 1.35 bits per heavy atom. The van der Waals surface area contributed by atoms with Crippen LogP contribution in [0.4, 0.5) is 11.6 Å². The molecule has 0 aliphatic carbocycles. The van der Waals surface area contributed by atoms with Crippen LogP contribution in [-0.4, -0.2) is 36.3 Å². The molecule has 4 heteroatoms. The van der Waals surface area contributed by atoms with Gasteiger partial charge in [-0.25, -0.2) is 4.98 Å². The average molecular weight is 237 g/mol. The minimum atomic E-state index is 0.226. The van der Waals surface area contributed by atoms with Gasteiger partial charge in [0.25, 0.3) is 0 Å². The molecule has 0 saturated carbocycles. The Balaban J connectivity index is 2.66. The first-order valence-electron chi connectivity index (χ1n) is 6.38. The van der Waals surface area contributed by atoms with Crippen LogP contribution in [0.5, 0.6) is 0 Å². The SMILES string of the molecule is CCCNc1cccc(N(CC)CCCO)n1. The summed E-state index contributed by atoms with van der Waals surface area (Å²) in [4.78, 5) is 6.74. The maximum atomic E-state index is 8.87. The molecule has 0 fully saturated rings. The fourth-order valence-corrected chi connectivity index (χ4v) is 1.65. The van der Waals surface area contributed by atoms with E-state index in [9.17, 15) is 0 Å². The van der Waals surface area contributed by atoms with Crippen LogP contribution in [0, 0.1) is 0 Å². The lowest BCUT2D eigenvalue weighted by Crippen LogP contribution is -2.25. The standard InChI is InChI=1S/C13H23N3O/c1-3-9-14-12-7-5-8-13(15-12)16(4-2)10-6-11-17/h5,7-8,17H,3-4,6,9-11H2,1-2H3,(H,14,15). The van der Waals surface area contributed by atoms with E-state index in [1.54, 1.807) is 0 Å². The van der Waals surface area contributed by atoms with Crippen LogP contribution in [0.25, 0.3) is 0 Å². The topological polar surface area (TPSA) is 48.4 Å². The predicted octanol–water partition coefficient (Wildman–Crippen LogP) is 2.11. The zero-order valence-electron chi connectivity index (χ0n) is 10.8. The van der Waals surface area contributed by atoms with E-state index in [2.05, 4.69) is 29.0 Å². The molecule has 0 saturated heterocycles. The largest absolute Gasteiger partial charge is 0.396 e. The second-order valence-electron chi connectivity index (χ2n) is 3.96. The molecule has 0 spiro atoms. The Morgan fingerprint density at radius 2 is 2.18 bits per heavy atom. The molecule has 96 valence electrons. The molecule has 0 bridgehead atoms. The number of aliphatic hydroxyl groups is 1. The summed E-state index contributed by atoms with van der Waals surface area (Å²) >= 11 is 0. The predicted molar refractivity (Wildman–Crippen MR) is 72.6 cm³/mol. The zero-order valence-corrected chi connectivity index (χ0v) is 10.8. The van der Waals surface area contributed by atoms with Crippen LogP contribution >= 0.6 is 0 Å². The first-order valence-corrected chi connectivity index (χ1v) is 6.38. The van der Waals surface area contributed by atoms with Gasteiger partial charge in [0, 0.05) is 26.2 Å². The number of rotatable bonds is 8. The van der Waals surface area contributed by atoms with Crippen molar-refractivity contribution in [3.63, 3.8) is 0 Å². The number of nitrogens with zero attached hydrogens (tertiary/aromatic N) is 2. The number of hydrogen-bond acceptors (Lipinski definition) is 4. The molecule has 17 heavy (non-hydrogen) atoms. The lowest BCUT2D eigenvalue weighted by Gasteiger charge is -2.22. The smallest absolute Gasteiger partial charge is 0.130 e. The maximum Gasteiger partial charge on any atom is 0.130 e. The highest BCUT2D eigenvalue weighted by atomic mass is 16.3. The number of hydrogen-bond donors (Lipinski definition) is 2. The minimum Gasteiger partial charge on any atom is -0.396 e. The molecule has 0 aliphatic rings. The molecule has 0 amide bonds. The monoisotopic (exact) mass is 237 g/mol. The first kappa shape index (κ1) is 13.8. The van der Waals surface area contributed by atoms with Gasteiger partial charge in [-0.05, 0) is 31.9 Å². The molecule has 1 rings (SSSR count). The van der Waals surface area contributed by atoms with Crippen LogP contribution in [0.3, 0.4) is 0 Å². The van der Waals surface area contributed by atoms with E-state index in [-0.39, 0.29) is 6.61 Å². The van der Waals surface area contributed by atoms with Crippen molar-refractivity contribution in [1.29, 1.82) is 0 Å². The molecule has 0 atom stereocenters. The second kappa shape index (κ2) is 7.90. The normalized spacial score (nSPS) is 10.3. The highest BCUT2D eigenvalue weighted by molar-refractivity contribution is 5.46. The van der Waals surface area contributed by atoms with Crippen LogP contribution in [0.15, 0.2) is 18.2 Å². The van der Waals surface area contributed by atoms with Crippen LogP contribution in [0.2, 0.25) is 0 Å². The summed E-state index contributed by atoms with van der Waals surface area (Å²) in [6.45, 7) is 7.16. The molecule has 0 aromatic carbocycles. The quantitative estimate of drug-likeness (QED) is 0.727. The van der Waals surface area contributed by atoms with E-state index in [0.717, 1.165) is 44.1 Å². The number of anilines is 2. The van der Waals surface area contributed by atoms with Gasteiger partial charge in [0.15, 0.2) is 0 Å². The summed E-state index contributed by atoms with van der Waals surface area (Å²) in [5.74, 6) is 1.90. The van der Waals surface area contributed by atoms with Gasteiger partial charge < -0.3 is 15.3 Å². The second-order valence-corrected chi connectivity index (χ2v) is 3.96. The van der Waals surface area contributed by atoms with E-state index >= 15 is 0 Å². The fraction of sp³-hybridized carbons (Fsp3) is 0.615. The Morgan fingerprint density at radius 3 is 2.82 bits per heavy atom. The molecule has 0 aliphatic heterocycles. The van der Waals surface area contributed by atoms with Gasteiger partial charge in [0.05, 0.1) is 0 Å². The van der Waals surface area contributed by atoms with E-state index in [0.29, 0.717) is 0 Å². The average Bonchev–Trinajstić information content (AvgIpc) is 2.38. The van der Waals surface area contributed by atoms with Gasteiger partial charge >= 0.3 is 0 Å². The Bertz CT molecular complexity index is 317. The summed E-state index contributed by atoms with van der Waals surface area (Å²) in [5, 5.41) is 12.2. The Kier molecular flexibility index (Phi) is 6.40. The summed E-state index contributed by atoms with van der Waals surface area (Å²) < 4.78 is 0. The fourth-order valence-electron chi connectivity index (χ4n) is 1.65. The van der Waals surface area contributed by atoms with Crippen molar-refractivity contribution in [2.75, 3.05) is 36.5 Å². The van der Waals surface area contributed by atoms with E-state index in [4.69, 9.17) is 5.11 Å². The summed E-state index contributed by atoms with van der Waals surface area (Å²) in [7, 11) is 0. The van der Waals surface area contributed by atoms with Crippen LogP contribution in [0.1, 0.15) is 26.7 Å². The lowest BCUT2D eigenvalue weighted by molar-refractivity contribution is 0.289. The van der Waals surface area contributed by atoms with Crippen molar-refractivity contribution < 1.29 is 5.11 Å². The minimum absolute atomic E-state index is 0.226. The van der Waals surface area contributed by atoms with Crippen molar-refractivity contribution in [1.82, 2.24) is 4.98 Å². The molecule has 1 aromatic heterocycles. The Hall–Kier alpha value is -1.29. The number of pyridine rings is 1. The molecule has 4 nitrogen and oxygen atoms in total. The third-order valence-electron chi connectivity index (χ3n) is 2.58. The molecule has 0 radical (unpaired) electrons. The van der Waals surface area contributed by atoms with Crippen molar-refractivity contribution in [2.24, 2.45) is 0 Å². The van der Waals surface area contributed by atoms with E-state index in [1.807, 2.05) is 18.2 Å². The lowest BCUT2D eigenvalue weighted by atomic mass is 10.3. The van der Waals surface area contributed by atoms with Crippen molar-refractivity contribution in [3.05, 3.63) is 18.2 Å². The number of aromatic nitrogens is 1. The summed E-state index contributed by atoms with van der Waals surface area (Å²) in [6.07, 6.45) is 1.87. The number of nitrogens with one attached hydrogen (secondary N) is 1. The Labute approximate surface area is 104 Å². The first-order chi connectivity index (χ1) is 8.31. The van der Waals surface area contributed by atoms with Crippen molar-refractivity contribution in [3.8, 4) is 0 Å². The molecule has 0 unspecified atom stereocenters.